The van der Waals surface area contributed by atoms with Crippen molar-refractivity contribution in [2.75, 3.05) is 47.3 Å². The molecule has 1 heterocycles. The highest BCUT2D eigenvalue weighted by Gasteiger charge is 2.42. The average molecular weight is 366 g/mol. The normalized spacial score (nSPS) is 21.5. The third kappa shape index (κ3) is 5.12. The summed E-state index contributed by atoms with van der Waals surface area (Å²) in [5.41, 5.74) is -0.175. The number of amides is 1. The van der Waals surface area contributed by atoms with Gasteiger partial charge in [-0.1, -0.05) is 19.3 Å². The first-order chi connectivity index (χ1) is 12.3. The number of nitrogens with one attached hydrogen (secondary N) is 2. The SMILES string of the molecule is CN=C(NCC1(C(=O)N(C)C)CCCC1)NCC(C)(C)N1CCCCC1. The largest absolute Gasteiger partial charge is 0.355 e. The Bertz CT molecular complexity index is 488. The minimum absolute atomic E-state index is 0.0997. The summed E-state index contributed by atoms with van der Waals surface area (Å²) in [6.07, 6.45) is 8.15. The second kappa shape index (κ2) is 9.07. The Balaban J connectivity index is 1.89. The van der Waals surface area contributed by atoms with Crippen molar-refractivity contribution in [2.24, 2.45) is 10.4 Å². The lowest BCUT2D eigenvalue weighted by Crippen LogP contribution is -2.56. The summed E-state index contributed by atoms with van der Waals surface area (Å²) in [6.45, 7) is 8.47. The predicted octanol–water partition coefficient (Wildman–Crippen LogP) is 2.06. The number of aliphatic imine (C=N–C) groups is 1. The zero-order valence-electron chi connectivity index (χ0n) is 17.5. The smallest absolute Gasteiger partial charge is 0.230 e. The van der Waals surface area contributed by atoms with Gasteiger partial charge in [0.2, 0.25) is 5.91 Å². The van der Waals surface area contributed by atoms with Crippen molar-refractivity contribution < 1.29 is 4.79 Å². The number of rotatable bonds is 6. The molecule has 0 bridgehead atoms. The molecule has 150 valence electrons. The molecule has 0 aromatic rings. The van der Waals surface area contributed by atoms with E-state index in [2.05, 4.69) is 34.4 Å². The highest BCUT2D eigenvalue weighted by Crippen LogP contribution is 2.38. The van der Waals surface area contributed by atoms with Crippen LogP contribution in [0.2, 0.25) is 0 Å². The van der Waals surface area contributed by atoms with E-state index in [9.17, 15) is 4.79 Å². The van der Waals surface area contributed by atoms with Gasteiger partial charge in [0.05, 0.1) is 5.41 Å². The number of hydrogen-bond donors (Lipinski definition) is 2. The fraction of sp³-hybridized carbons (Fsp3) is 0.900. The Morgan fingerprint density at radius 2 is 1.69 bits per heavy atom. The van der Waals surface area contributed by atoms with Crippen molar-refractivity contribution in [1.82, 2.24) is 20.4 Å². The molecule has 1 saturated carbocycles. The molecule has 1 saturated heterocycles. The van der Waals surface area contributed by atoms with Crippen molar-refractivity contribution in [1.29, 1.82) is 0 Å². The number of piperidine rings is 1. The van der Waals surface area contributed by atoms with Crippen molar-refractivity contribution in [2.45, 2.75) is 64.3 Å². The Labute approximate surface area is 159 Å². The molecular formula is C20H39N5O. The topological polar surface area (TPSA) is 60.0 Å². The fourth-order valence-electron chi connectivity index (χ4n) is 4.38. The van der Waals surface area contributed by atoms with Crippen LogP contribution in [0.5, 0.6) is 0 Å². The minimum atomic E-state index is -0.274. The van der Waals surface area contributed by atoms with E-state index in [1.807, 2.05) is 14.1 Å². The lowest BCUT2D eigenvalue weighted by atomic mass is 9.84. The zero-order chi connectivity index (χ0) is 19.2. The van der Waals surface area contributed by atoms with Gasteiger partial charge in [-0.3, -0.25) is 14.7 Å². The van der Waals surface area contributed by atoms with E-state index in [1.165, 1.54) is 32.4 Å². The van der Waals surface area contributed by atoms with E-state index < -0.39 is 0 Å². The van der Waals surface area contributed by atoms with Gasteiger partial charge < -0.3 is 15.5 Å². The summed E-state index contributed by atoms with van der Waals surface area (Å²) in [7, 11) is 5.52. The molecule has 6 nitrogen and oxygen atoms in total. The summed E-state index contributed by atoms with van der Waals surface area (Å²) in [5.74, 6) is 1.04. The second-order valence-corrected chi connectivity index (χ2v) is 8.83. The average Bonchev–Trinajstić information content (AvgIpc) is 3.12. The summed E-state index contributed by atoms with van der Waals surface area (Å²) in [6, 6.07) is 0. The molecule has 2 rings (SSSR count). The number of nitrogens with zero attached hydrogens (tertiary/aromatic N) is 3. The molecule has 1 aliphatic heterocycles. The maximum Gasteiger partial charge on any atom is 0.230 e. The van der Waals surface area contributed by atoms with Crippen LogP contribution in [0.15, 0.2) is 4.99 Å². The number of likely N-dealkylation sites (tertiary alicyclic amines) is 1. The Hall–Kier alpha value is -1.30. The van der Waals surface area contributed by atoms with Crippen LogP contribution in [0.1, 0.15) is 58.8 Å². The molecule has 0 spiro atoms. The lowest BCUT2D eigenvalue weighted by Gasteiger charge is -2.41. The van der Waals surface area contributed by atoms with Crippen molar-refractivity contribution in [3.05, 3.63) is 0 Å². The van der Waals surface area contributed by atoms with Crippen LogP contribution in [-0.4, -0.2) is 74.5 Å². The zero-order valence-corrected chi connectivity index (χ0v) is 17.5. The molecule has 26 heavy (non-hydrogen) atoms. The standard InChI is InChI=1S/C20H39N5O/c1-19(2,25-13-9-6-10-14-25)15-22-18(21-3)23-16-20(11-7-8-12-20)17(26)24(4)5/h6-16H2,1-5H3,(H2,21,22,23). The van der Waals surface area contributed by atoms with E-state index in [1.54, 1.807) is 11.9 Å². The molecule has 0 radical (unpaired) electrons. The third-order valence-electron chi connectivity index (χ3n) is 6.14. The van der Waals surface area contributed by atoms with Crippen LogP contribution in [-0.2, 0) is 4.79 Å². The van der Waals surface area contributed by atoms with Crippen LogP contribution in [0.3, 0.4) is 0 Å². The number of carbonyl (C=O) groups excluding carboxylic acids is 1. The van der Waals surface area contributed by atoms with E-state index in [0.29, 0.717) is 6.54 Å². The number of guanidine groups is 1. The Kier molecular flexibility index (Phi) is 7.33. The van der Waals surface area contributed by atoms with Gasteiger partial charge in [0.1, 0.15) is 0 Å². The fourth-order valence-corrected chi connectivity index (χ4v) is 4.38. The van der Waals surface area contributed by atoms with Gasteiger partial charge >= 0.3 is 0 Å². The van der Waals surface area contributed by atoms with Crippen LogP contribution in [0, 0.1) is 5.41 Å². The Morgan fingerprint density at radius 3 is 2.23 bits per heavy atom. The molecule has 0 aromatic heterocycles. The Morgan fingerprint density at radius 1 is 1.08 bits per heavy atom. The molecule has 1 amide bonds. The summed E-state index contributed by atoms with van der Waals surface area (Å²) in [4.78, 5) is 21.4. The second-order valence-electron chi connectivity index (χ2n) is 8.83. The molecule has 0 atom stereocenters. The first-order valence-electron chi connectivity index (χ1n) is 10.2. The van der Waals surface area contributed by atoms with Gasteiger partial charge in [0.15, 0.2) is 5.96 Å². The van der Waals surface area contributed by atoms with Crippen LogP contribution < -0.4 is 10.6 Å². The van der Waals surface area contributed by atoms with Gasteiger partial charge in [-0.15, -0.1) is 0 Å². The van der Waals surface area contributed by atoms with Crippen molar-refractivity contribution in [3.63, 3.8) is 0 Å². The number of hydrogen-bond acceptors (Lipinski definition) is 3. The van der Waals surface area contributed by atoms with Crippen LogP contribution in [0.25, 0.3) is 0 Å². The minimum Gasteiger partial charge on any atom is -0.355 e. The quantitative estimate of drug-likeness (QED) is 0.559. The summed E-state index contributed by atoms with van der Waals surface area (Å²) >= 11 is 0. The number of carbonyl (C=O) groups is 1. The first-order valence-corrected chi connectivity index (χ1v) is 10.2. The maximum absolute atomic E-state index is 12.7. The molecule has 2 N–H and O–H groups in total. The summed E-state index contributed by atoms with van der Waals surface area (Å²) < 4.78 is 0. The van der Waals surface area contributed by atoms with E-state index >= 15 is 0 Å². The van der Waals surface area contributed by atoms with E-state index in [4.69, 9.17) is 0 Å². The molecule has 6 heteroatoms. The summed E-state index contributed by atoms with van der Waals surface area (Å²) in [5, 5.41) is 6.92. The van der Waals surface area contributed by atoms with E-state index in [-0.39, 0.29) is 16.9 Å². The van der Waals surface area contributed by atoms with Gasteiger partial charge in [0.25, 0.3) is 0 Å². The first kappa shape index (κ1) is 21.0. The molecule has 1 aliphatic carbocycles. The van der Waals surface area contributed by atoms with Gasteiger partial charge in [0, 0.05) is 39.8 Å². The highest BCUT2D eigenvalue weighted by atomic mass is 16.2. The molecule has 0 aromatic carbocycles. The molecule has 0 unspecified atom stereocenters. The highest BCUT2D eigenvalue weighted by molar-refractivity contribution is 5.85. The predicted molar refractivity (Wildman–Crippen MR) is 108 cm³/mol. The van der Waals surface area contributed by atoms with E-state index in [0.717, 1.165) is 38.2 Å². The third-order valence-corrected chi connectivity index (χ3v) is 6.14. The van der Waals surface area contributed by atoms with Crippen molar-refractivity contribution in [3.8, 4) is 0 Å². The van der Waals surface area contributed by atoms with Gasteiger partial charge in [-0.05, 0) is 52.6 Å². The molecule has 2 aliphatic rings. The van der Waals surface area contributed by atoms with Gasteiger partial charge in [-0.2, -0.15) is 0 Å². The van der Waals surface area contributed by atoms with Crippen molar-refractivity contribution >= 4 is 11.9 Å². The van der Waals surface area contributed by atoms with Crippen LogP contribution in [0.4, 0.5) is 0 Å². The lowest BCUT2D eigenvalue weighted by molar-refractivity contribution is -0.138. The molecular weight excluding hydrogens is 326 g/mol. The van der Waals surface area contributed by atoms with Gasteiger partial charge in [-0.25, -0.2) is 0 Å². The monoisotopic (exact) mass is 365 g/mol. The van der Waals surface area contributed by atoms with Crippen LogP contribution >= 0.6 is 0 Å². The molecule has 2 fully saturated rings. The maximum atomic E-state index is 12.7.